The number of nitrogen functional groups attached to an aromatic ring is 1. The van der Waals surface area contributed by atoms with Crippen LogP contribution in [0.3, 0.4) is 0 Å². The quantitative estimate of drug-likeness (QED) is 0.584. The summed E-state index contributed by atoms with van der Waals surface area (Å²) in [7, 11) is 0. The second-order valence-corrected chi connectivity index (χ2v) is 2.97. The molecule has 0 aromatic carbocycles. The van der Waals surface area contributed by atoms with E-state index < -0.39 is 0 Å². The van der Waals surface area contributed by atoms with Crippen LogP contribution in [0.5, 0.6) is 0 Å². The van der Waals surface area contributed by atoms with Crippen LogP contribution in [0.1, 0.15) is 12.0 Å². The lowest BCUT2D eigenvalue weighted by Gasteiger charge is -1.93. The number of aromatic nitrogens is 1. The van der Waals surface area contributed by atoms with Gasteiger partial charge in [-0.1, -0.05) is 27.8 Å². The fourth-order valence-electron chi connectivity index (χ4n) is 0.728. The minimum Gasteiger partial charge on any atom is -0.383 e. The lowest BCUT2D eigenvalue weighted by Crippen LogP contribution is -1.92. The van der Waals surface area contributed by atoms with Gasteiger partial charge in [0.2, 0.25) is 0 Å². The van der Waals surface area contributed by atoms with E-state index in [0.717, 1.165) is 17.3 Å². The zero-order valence-electron chi connectivity index (χ0n) is 6.55. The van der Waals surface area contributed by atoms with Gasteiger partial charge in [0, 0.05) is 17.9 Å². The van der Waals surface area contributed by atoms with Gasteiger partial charge in [0.05, 0.1) is 5.56 Å². The highest BCUT2D eigenvalue weighted by atomic mass is 79.9. The highest BCUT2D eigenvalue weighted by Crippen LogP contribution is 2.03. The molecular formula is C9H9BrN2. The molecule has 0 atom stereocenters. The Morgan fingerprint density at radius 1 is 1.58 bits per heavy atom. The second-order valence-electron chi connectivity index (χ2n) is 2.18. The van der Waals surface area contributed by atoms with Crippen LogP contribution in [0, 0.1) is 11.8 Å². The summed E-state index contributed by atoms with van der Waals surface area (Å²) in [6, 6.07) is 3.69. The SMILES string of the molecule is Nc1ncccc1C#CCCBr. The third-order valence-corrected chi connectivity index (χ3v) is 1.68. The molecule has 0 saturated carbocycles. The van der Waals surface area contributed by atoms with Crippen LogP contribution in [0.2, 0.25) is 0 Å². The Bertz CT molecular complexity index is 312. The van der Waals surface area contributed by atoms with Gasteiger partial charge in [0.25, 0.3) is 0 Å². The van der Waals surface area contributed by atoms with E-state index in [0.29, 0.717) is 5.82 Å². The molecule has 2 N–H and O–H groups in total. The van der Waals surface area contributed by atoms with Crippen LogP contribution in [0.4, 0.5) is 5.82 Å². The molecule has 0 radical (unpaired) electrons. The molecule has 2 nitrogen and oxygen atoms in total. The minimum absolute atomic E-state index is 0.500. The number of halogens is 1. The van der Waals surface area contributed by atoms with Crippen molar-refractivity contribution in [1.29, 1.82) is 0 Å². The molecule has 1 aromatic rings. The maximum absolute atomic E-state index is 5.58. The summed E-state index contributed by atoms with van der Waals surface area (Å²) in [5.41, 5.74) is 6.38. The van der Waals surface area contributed by atoms with Gasteiger partial charge in [-0.3, -0.25) is 0 Å². The van der Waals surface area contributed by atoms with E-state index in [-0.39, 0.29) is 0 Å². The highest BCUT2D eigenvalue weighted by Gasteiger charge is 1.91. The lowest BCUT2D eigenvalue weighted by molar-refractivity contribution is 1.30. The van der Waals surface area contributed by atoms with Gasteiger partial charge in [-0.15, -0.1) is 0 Å². The van der Waals surface area contributed by atoms with Crippen LogP contribution in [0.25, 0.3) is 0 Å². The zero-order valence-corrected chi connectivity index (χ0v) is 8.13. The van der Waals surface area contributed by atoms with Crippen molar-refractivity contribution in [1.82, 2.24) is 4.98 Å². The smallest absolute Gasteiger partial charge is 0.139 e. The average Bonchev–Trinajstić information content (AvgIpc) is 2.09. The van der Waals surface area contributed by atoms with Gasteiger partial charge in [-0.25, -0.2) is 4.98 Å². The van der Waals surface area contributed by atoms with Gasteiger partial charge in [0.15, 0.2) is 0 Å². The monoisotopic (exact) mass is 224 g/mol. The first kappa shape index (κ1) is 9.08. The third kappa shape index (κ3) is 2.55. The summed E-state index contributed by atoms with van der Waals surface area (Å²) < 4.78 is 0. The fraction of sp³-hybridized carbons (Fsp3) is 0.222. The molecule has 0 amide bonds. The molecule has 62 valence electrons. The molecule has 0 unspecified atom stereocenters. The van der Waals surface area contributed by atoms with E-state index >= 15 is 0 Å². The molecule has 0 bridgehead atoms. The normalized spacial score (nSPS) is 8.75. The largest absolute Gasteiger partial charge is 0.383 e. The van der Waals surface area contributed by atoms with Crippen LogP contribution in [-0.2, 0) is 0 Å². The van der Waals surface area contributed by atoms with Gasteiger partial charge in [-0.2, -0.15) is 0 Å². The summed E-state index contributed by atoms with van der Waals surface area (Å²) in [5.74, 6) is 6.42. The molecule has 0 fully saturated rings. The summed E-state index contributed by atoms with van der Waals surface area (Å²) in [6.07, 6.45) is 2.49. The summed E-state index contributed by atoms with van der Waals surface area (Å²) >= 11 is 3.29. The van der Waals surface area contributed by atoms with Crippen molar-refractivity contribution in [3.8, 4) is 11.8 Å². The van der Waals surface area contributed by atoms with Gasteiger partial charge in [-0.05, 0) is 12.1 Å². The first-order chi connectivity index (χ1) is 5.84. The highest BCUT2D eigenvalue weighted by molar-refractivity contribution is 9.09. The summed E-state index contributed by atoms with van der Waals surface area (Å²) in [5, 5.41) is 0.889. The molecule has 0 aliphatic carbocycles. The molecule has 3 heteroatoms. The Balaban J connectivity index is 2.77. The number of alkyl halides is 1. The fourth-order valence-corrected chi connectivity index (χ4v) is 0.926. The molecule has 0 spiro atoms. The molecular weight excluding hydrogens is 216 g/mol. The van der Waals surface area contributed by atoms with Gasteiger partial charge >= 0.3 is 0 Å². The first-order valence-electron chi connectivity index (χ1n) is 3.60. The maximum Gasteiger partial charge on any atom is 0.139 e. The predicted molar refractivity (Wildman–Crippen MR) is 53.9 cm³/mol. The van der Waals surface area contributed by atoms with Crippen LogP contribution >= 0.6 is 15.9 Å². The molecule has 0 saturated heterocycles. The van der Waals surface area contributed by atoms with Crippen molar-refractivity contribution in [3.63, 3.8) is 0 Å². The Morgan fingerprint density at radius 2 is 2.42 bits per heavy atom. The van der Waals surface area contributed by atoms with Gasteiger partial charge in [0.1, 0.15) is 5.82 Å². The van der Waals surface area contributed by atoms with Crippen molar-refractivity contribution in [2.24, 2.45) is 0 Å². The second kappa shape index (κ2) is 4.78. The van der Waals surface area contributed by atoms with Crippen LogP contribution in [0.15, 0.2) is 18.3 Å². The number of nitrogens with two attached hydrogens (primary N) is 1. The molecule has 1 heterocycles. The third-order valence-electron chi connectivity index (χ3n) is 1.28. The predicted octanol–water partition coefficient (Wildman–Crippen LogP) is 1.80. The number of hydrogen-bond acceptors (Lipinski definition) is 2. The molecule has 1 rings (SSSR count). The van der Waals surface area contributed by atoms with Crippen molar-refractivity contribution in [2.75, 3.05) is 11.1 Å². The zero-order chi connectivity index (χ0) is 8.81. The summed E-state index contributed by atoms with van der Waals surface area (Å²) in [6.45, 7) is 0. The van der Waals surface area contributed by atoms with Crippen molar-refractivity contribution >= 4 is 21.7 Å². The van der Waals surface area contributed by atoms with E-state index in [9.17, 15) is 0 Å². The van der Waals surface area contributed by atoms with E-state index in [4.69, 9.17) is 5.73 Å². The molecule has 1 aromatic heterocycles. The van der Waals surface area contributed by atoms with Gasteiger partial charge < -0.3 is 5.73 Å². The van der Waals surface area contributed by atoms with Crippen molar-refractivity contribution < 1.29 is 0 Å². The van der Waals surface area contributed by atoms with Crippen molar-refractivity contribution in [3.05, 3.63) is 23.9 Å². The van der Waals surface area contributed by atoms with E-state index in [1.807, 2.05) is 12.1 Å². The topological polar surface area (TPSA) is 38.9 Å². The van der Waals surface area contributed by atoms with E-state index in [1.165, 1.54) is 0 Å². The van der Waals surface area contributed by atoms with Crippen LogP contribution < -0.4 is 5.73 Å². The standard InChI is InChI=1S/C9H9BrN2/c10-6-2-1-4-8-5-3-7-12-9(8)11/h3,5,7H,2,6H2,(H2,11,12). The van der Waals surface area contributed by atoms with Crippen molar-refractivity contribution in [2.45, 2.75) is 6.42 Å². The Kier molecular flexibility index (Phi) is 3.62. The number of nitrogens with zero attached hydrogens (tertiary/aromatic N) is 1. The molecule has 12 heavy (non-hydrogen) atoms. The van der Waals surface area contributed by atoms with E-state index in [2.05, 4.69) is 32.8 Å². The number of anilines is 1. The van der Waals surface area contributed by atoms with E-state index in [1.54, 1.807) is 6.20 Å². The Morgan fingerprint density at radius 3 is 3.08 bits per heavy atom. The number of hydrogen-bond donors (Lipinski definition) is 1. The maximum atomic E-state index is 5.58. The Labute approximate surface area is 80.3 Å². The number of rotatable bonds is 1. The molecule has 0 aliphatic heterocycles. The Hall–Kier alpha value is -1.01. The number of pyridine rings is 1. The lowest BCUT2D eigenvalue weighted by atomic mass is 10.2. The average molecular weight is 225 g/mol. The first-order valence-corrected chi connectivity index (χ1v) is 4.72. The van der Waals surface area contributed by atoms with Crippen LogP contribution in [-0.4, -0.2) is 10.3 Å². The summed E-state index contributed by atoms with van der Waals surface area (Å²) in [4.78, 5) is 3.92. The minimum atomic E-state index is 0.500. The molecule has 0 aliphatic rings.